The van der Waals surface area contributed by atoms with Gasteiger partial charge in [-0.25, -0.2) is 4.79 Å². The lowest BCUT2D eigenvalue weighted by Gasteiger charge is -2.08. The lowest BCUT2D eigenvalue weighted by molar-refractivity contribution is 0.168. The summed E-state index contributed by atoms with van der Waals surface area (Å²) in [5, 5.41) is 14.2. The highest BCUT2D eigenvalue weighted by Gasteiger charge is 2.06. The first-order valence-corrected chi connectivity index (χ1v) is 6.83. The van der Waals surface area contributed by atoms with E-state index in [0.717, 1.165) is 0 Å². The molecule has 110 valence electrons. The van der Waals surface area contributed by atoms with E-state index in [2.05, 4.69) is 20.8 Å². The van der Waals surface area contributed by atoms with Gasteiger partial charge in [0, 0.05) is 5.02 Å². The van der Waals surface area contributed by atoms with Gasteiger partial charge < -0.3 is 10.1 Å². The van der Waals surface area contributed by atoms with Crippen molar-refractivity contribution < 1.29 is 9.53 Å². The highest BCUT2D eigenvalue weighted by molar-refractivity contribution is 6.36. The Kier molecular flexibility index (Phi) is 5.19. The number of hydrogen-bond acceptors (Lipinski definition) is 5. The minimum Gasteiger partial charge on any atom is -0.450 e. The van der Waals surface area contributed by atoms with Crippen molar-refractivity contribution in [3.63, 3.8) is 0 Å². The SMILES string of the molecule is CCOC(=O)Nc1ccc(Nc2ccc(Cl)cc2Cl)nn1. The van der Waals surface area contributed by atoms with Crippen LogP contribution in [-0.4, -0.2) is 22.9 Å². The van der Waals surface area contributed by atoms with E-state index in [1.54, 1.807) is 37.3 Å². The third kappa shape index (κ3) is 4.47. The molecule has 0 aliphatic carbocycles. The van der Waals surface area contributed by atoms with Crippen LogP contribution in [0, 0.1) is 0 Å². The maximum atomic E-state index is 11.2. The van der Waals surface area contributed by atoms with Crippen LogP contribution in [0.4, 0.5) is 22.1 Å². The number of anilines is 3. The van der Waals surface area contributed by atoms with Crippen LogP contribution in [0.5, 0.6) is 0 Å². The number of nitrogens with zero attached hydrogens (tertiary/aromatic N) is 2. The summed E-state index contributed by atoms with van der Waals surface area (Å²) in [6, 6.07) is 8.31. The Bertz CT molecular complexity index is 635. The van der Waals surface area contributed by atoms with Gasteiger partial charge in [-0.05, 0) is 37.3 Å². The molecular formula is C13H12Cl2N4O2. The van der Waals surface area contributed by atoms with Crippen molar-refractivity contribution in [1.29, 1.82) is 0 Å². The predicted octanol–water partition coefficient (Wildman–Crippen LogP) is 4.10. The van der Waals surface area contributed by atoms with Crippen LogP contribution in [0.25, 0.3) is 0 Å². The van der Waals surface area contributed by atoms with Crippen molar-refractivity contribution >= 4 is 46.6 Å². The van der Waals surface area contributed by atoms with Gasteiger partial charge in [0.1, 0.15) is 0 Å². The summed E-state index contributed by atoms with van der Waals surface area (Å²) in [5.74, 6) is 0.773. The van der Waals surface area contributed by atoms with Gasteiger partial charge in [-0.1, -0.05) is 23.2 Å². The largest absolute Gasteiger partial charge is 0.450 e. The molecule has 0 radical (unpaired) electrons. The van der Waals surface area contributed by atoms with Crippen molar-refractivity contribution in [3.8, 4) is 0 Å². The van der Waals surface area contributed by atoms with Gasteiger partial charge in [0.2, 0.25) is 0 Å². The number of rotatable bonds is 4. The number of ether oxygens (including phenoxy) is 1. The third-order valence-electron chi connectivity index (χ3n) is 2.36. The van der Waals surface area contributed by atoms with Crippen LogP contribution in [-0.2, 0) is 4.74 Å². The number of halogens is 2. The zero-order valence-electron chi connectivity index (χ0n) is 11.1. The summed E-state index contributed by atoms with van der Waals surface area (Å²) in [7, 11) is 0. The van der Waals surface area contributed by atoms with Crippen LogP contribution in [0.15, 0.2) is 30.3 Å². The zero-order chi connectivity index (χ0) is 15.2. The highest BCUT2D eigenvalue weighted by atomic mass is 35.5. The van der Waals surface area contributed by atoms with Crippen molar-refractivity contribution in [2.24, 2.45) is 0 Å². The van der Waals surface area contributed by atoms with Gasteiger partial charge in [-0.3, -0.25) is 5.32 Å². The predicted molar refractivity (Wildman–Crippen MR) is 82.4 cm³/mol. The van der Waals surface area contributed by atoms with Crippen molar-refractivity contribution in [3.05, 3.63) is 40.4 Å². The standard InChI is InChI=1S/C13H12Cl2N4O2/c1-2-21-13(20)17-12-6-5-11(18-19-12)16-10-4-3-8(14)7-9(10)15/h3-7H,2H2,1H3,(H,16,18)(H,17,19,20). The Balaban J connectivity index is 2.03. The molecule has 1 heterocycles. The van der Waals surface area contributed by atoms with E-state index >= 15 is 0 Å². The summed E-state index contributed by atoms with van der Waals surface area (Å²) in [6.07, 6.45) is -0.576. The van der Waals surface area contributed by atoms with Gasteiger partial charge in [0.05, 0.1) is 17.3 Å². The maximum Gasteiger partial charge on any atom is 0.412 e. The van der Waals surface area contributed by atoms with Crippen molar-refractivity contribution in [1.82, 2.24) is 10.2 Å². The molecule has 21 heavy (non-hydrogen) atoms. The molecule has 1 aromatic carbocycles. The second-order valence-electron chi connectivity index (χ2n) is 3.90. The summed E-state index contributed by atoms with van der Waals surface area (Å²) < 4.78 is 4.74. The number of carbonyl (C=O) groups excluding carboxylic acids is 1. The van der Waals surface area contributed by atoms with E-state index < -0.39 is 6.09 Å². The number of amides is 1. The van der Waals surface area contributed by atoms with E-state index in [-0.39, 0.29) is 6.61 Å². The summed E-state index contributed by atoms with van der Waals surface area (Å²) in [5.41, 5.74) is 0.654. The van der Waals surface area contributed by atoms with Crippen molar-refractivity contribution in [2.75, 3.05) is 17.2 Å². The maximum absolute atomic E-state index is 11.2. The molecule has 0 saturated carbocycles. The Morgan fingerprint density at radius 3 is 2.52 bits per heavy atom. The average Bonchev–Trinajstić information content (AvgIpc) is 2.44. The quantitative estimate of drug-likeness (QED) is 0.884. The fourth-order valence-electron chi connectivity index (χ4n) is 1.47. The second kappa shape index (κ2) is 7.10. The molecule has 0 bridgehead atoms. The molecule has 2 N–H and O–H groups in total. The van der Waals surface area contributed by atoms with Gasteiger partial charge in [0.25, 0.3) is 0 Å². The first-order chi connectivity index (χ1) is 10.1. The minimum atomic E-state index is -0.576. The van der Waals surface area contributed by atoms with E-state index in [1.807, 2.05) is 0 Å². The van der Waals surface area contributed by atoms with Crippen LogP contribution in [0.3, 0.4) is 0 Å². The summed E-state index contributed by atoms with van der Waals surface area (Å²) in [6.45, 7) is 2.00. The Morgan fingerprint density at radius 1 is 1.19 bits per heavy atom. The average molecular weight is 327 g/mol. The van der Waals surface area contributed by atoms with Gasteiger partial charge >= 0.3 is 6.09 Å². The fourth-order valence-corrected chi connectivity index (χ4v) is 1.92. The van der Waals surface area contributed by atoms with E-state index in [0.29, 0.717) is 27.4 Å². The molecule has 2 rings (SSSR count). The van der Waals surface area contributed by atoms with Crippen LogP contribution in [0.2, 0.25) is 10.0 Å². The molecule has 0 aliphatic heterocycles. The second-order valence-corrected chi connectivity index (χ2v) is 4.74. The lowest BCUT2D eigenvalue weighted by Crippen LogP contribution is -2.14. The van der Waals surface area contributed by atoms with Crippen LogP contribution < -0.4 is 10.6 Å². The Labute approximate surface area is 131 Å². The van der Waals surface area contributed by atoms with E-state index in [4.69, 9.17) is 27.9 Å². The molecule has 0 saturated heterocycles. The number of carbonyl (C=O) groups is 1. The molecule has 0 aliphatic rings. The monoisotopic (exact) mass is 326 g/mol. The smallest absolute Gasteiger partial charge is 0.412 e. The minimum absolute atomic E-state index is 0.286. The number of aromatic nitrogens is 2. The molecule has 0 unspecified atom stereocenters. The molecule has 2 aromatic rings. The Hall–Kier alpha value is -2.05. The van der Waals surface area contributed by atoms with Crippen LogP contribution in [0.1, 0.15) is 6.92 Å². The molecule has 0 atom stereocenters. The molecule has 1 amide bonds. The summed E-state index contributed by atoms with van der Waals surface area (Å²) >= 11 is 11.9. The third-order valence-corrected chi connectivity index (χ3v) is 2.91. The lowest BCUT2D eigenvalue weighted by atomic mass is 10.3. The van der Waals surface area contributed by atoms with E-state index in [9.17, 15) is 4.79 Å². The van der Waals surface area contributed by atoms with Crippen molar-refractivity contribution in [2.45, 2.75) is 6.92 Å². The topological polar surface area (TPSA) is 76.1 Å². The fraction of sp³-hybridized carbons (Fsp3) is 0.154. The van der Waals surface area contributed by atoms with Gasteiger partial charge in [0.15, 0.2) is 11.6 Å². The van der Waals surface area contributed by atoms with Crippen LogP contribution >= 0.6 is 23.2 Å². The van der Waals surface area contributed by atoms with Gasteiger partial charge in [-0.2, -0.15) is 0 Å². The first-order valence-electron chi connectivity index (χ1n) is 6.08. The number of benzene rings is 1. The molecule has 1 aromatic heterocycles. The Morgan fingerprint density at radius 2 is 1.90 bits per heavy atom. The molecule has 6 nitrogen and oxygen atoms in total. The number of hydrogen-bond donors (Lipinski definition) is 2. The number of nitrogens with one attached hydrogen (secondary N) is 2. The highest BCUT2D eigenvalue weighted by Crippen LogP contribution is 2.27. The first kappa shape index (κ1) is 15.3. The van der Waals surface area contributed by atoms with Gasteiger partial charge in [-0.15, -0.1) is 10.2 Å². The van der Waals surface area contributed by atoms with E-state index in [1.165, 1.54) is 0 Å². The zero-order valence-corrected chi connectivity index (χ0v) is 12.6. The summed E-state index contributed by atoms with van der Waals surface area (Å²) in [4.78, 5) is 11.2. The molecular weight excluding hydrogens is 315 g/mol. The molecule has 0 fully saturated rings. The molecule has 0 spiro atoms. The molecule has 8 heteroatoms. The normalized spacial score (nSPS) is 10.0.